The molecule has 1 aliphatic heterocycles. The Hall–Kier alpha value is -2.51. The van der Waals surface area contributed by atoms with Crippen LogP contribution >= 0.6 is 11.8 Å². The van der Waals surface area contributed by atoms with E-state index in [4.69, 9.17) is 4.74 Å². The molecule has 2 amide bonds. The summed E-state index contributed by atoms with van der Waals surface area (Å²) in [6.07, 6.45) is -0.491. The fraction of sp³-hybridized carbons (Fsp3) is 0.300. The summed E-state index contributed by atoms with van der Waals surface area (Å²) >= 11 is 1.30. The van der Waals surface area contributed by atoms with Gasteiger partial charge in [-0.25, -0.2) is 4.79 Å². The van der Waals surface area contributed by atoms with Crippen molar-refractivity contribution in [1.82, 2.24) is 15.5 Å². The molecule has 6 nitrogen and oxygen atoms in total. The fourth-order valence-electron chi connectivity index (χ4n) is 2.65. The van der Waals surface area contributed by atoms with E-state index in [9.17, 15) is 9.59 Å². The van der Waals surface area contributed by atoms with Crippen LogP contribution < -0.4 is 15.4 Å². The Morgan fingerprint density at radius 1 is 1.00 bits per heavy atom. The number of ether oxygens (including phenoxy) is 1. The van der Waals surface area contributed by atoms with E-state index in [0.29, 0.717) is 18.0 Å². The number of rotatable bonds is 5. The molecular formula is C20H23N3O3S. The van der Waals surface area contributed by atoms with Gasteiger partial charge in [-0.1, -0.05) is 54.2 Å². The average molecular weight is 385 g/mol. The minimum Gasteiger partial charge on any atom is -0.410 e. The van der Waals surface area contributed by atoms with E-state index < -0.39 is 6.09 Å². The Balaban J connectivity index is 1.41. The van der Waals surface area contributed by atoms with Crippen LogP contribution in [-0.4, -0.2) is 42.4 Å². The van der Waals surface area contributed by atoms with Crippen molar-refractivity contribution in [2.75, 3.05) is 26.2 Å². The van der Waals surface area contributed by atoms with Crippen LogP contribution in [-0.2, 0) is 12.3 Å². The van der Waals surface area contributed by atoms with Crippen molar-refractivity contribution in [3.63, 3.8) is 0 Å². The number of nitrogens with zero attached hydrogens (tertiary/aromatic N) is 1. The molecule has 0 aliphatic carbocycles. The number of benzene rings is 2. The topological polar surface area (TPSA) is 70.7 Å². The van der Waals surface area contributed by atoms with Gasteiger partial charge in [-0.2, -0.15) is 0 Å². The molecule has 142 valence electrons. The van der Waals surface area contributed by atoms with Crippen molar-refractivity contribution in [1.29, 1.82) is 0 Å². The highest BCUT2D eigenvalue weighted by Gasteiger charge is 2.16. The molecule has 0 bridgehead atoms. The van der Waals surface area contributed by atoms with Crippen molar-refractivity contribution in [2.45, 2.75) is 12.3 Å². The summed E-state index contributed by atoms with van der Waals surface area (Å²) in [5.74, 6) is 1.08. The van der Waals surface area contributed by atoms with Gasteiger partial charge in [0, 0.05) is 38.5 Å². The first kappa shape index (κ1) is 19.3. The SMILES string of the molecule is O=C(NCc1ccccc1)Oc1ccc(CSC(=O)N2CCNCC2)cc1. The summed E-state index contributed by atoms with van der Waals surface area (Å²) in [5.41, 5.74) is 2.02. The minimum atomic E-state index is -0.491. The molecule has 1 saturated heterocycles. The highest BCUT2D eigenvalue weighted by Crippen LogP contribution is 2.19. The maximum Gasteiger partial charge on any atom is 0.412 e. The van der Waals surface area contributed by atoms with Gasteiger partial charge in [-0.05, 0) is 23.3 Å². The van der Waals surface area contributed by atoms with E-state index in [2.05, 4.69) is 10.6 Å². The smallest absolute Gasteiger partial charge is 0.410 e. The largest absolute Gasteiger partial charge is 0.412 e. The lowest BCUT2D eigenvalue weighted by molar-refractivity contribution is 0.200. The molecule has 7 heteroatoms. The lowest BCUT2D eigenvalue weighted by Crippen LogP contribution is -2.45. The Bertz CT molecular complexity index is 747. The number of amides is 2. The van der Waals surface area contributed by atoms with Crippen molar-refractivity contribution in [3.05, 3.63) is 65.7 Å². The fourth-order valence-corrected chi connectivity index (χ4v) is 3.50. The van der Waals surface area contributed by atoms with Gasteiger partial charge in [0.25, 0.3) is 5.24 Å². The number of thioether (sulfide) groups is 1. The Morgan fingerprint density at radius 3 is 2.41 bits per heavy atom. The zero-order valence-corrected chi connectivity index (χ0v) is 15.8. The van der Waals surface area contributed by atoms with Crippen LogP contribution in [0.25, 0.3) is 0 Å². The molecule has 27 heavy (non-hydrogen) atoms. The van der Waals surface area contributed by atoms with Crippen molar-refractivity contribution < 1.29 is 14.3 Å². The minimum absolute atomic E-state index is 0.108. The number of piperazine rings is 1. The van der Waals surface area contributed by atoms with Crippen LogP contribution in [0, 0.1) is 0 Å². The summed E-state index contributed by atoms with van der Waals surface area (Å²) in [6.45, 7) is 3.64. The number of carbonyl (C=O) groups excluding carboxylic acids is 2. The lowest BCUT2D eigenvalue weighted by Gasteiger charge is -2.26. The van der Waals surface area contributed by atoms with Crippen molar-refractivity contribution in [2.24, 2.45) is 0 Å². The molecule has 1 fully saturated rings. The third kappa shape index (κ3) is 6.30. The van der Waals surface area contributed by atoms with Crippen LogP contribution in [0.1, 0.15) is 11.1 Å². The maximum absolute atomic E-state index is 12.2. The molecule has 1 aliphatic rings. The molecule has 0 saturated carbocycles. The highest BCUT2D eigenvalue weighted by atomic mass is 32.2. The van der Waals surface area contributed by atoms with E-state index in [1.54, 1.807) is 12.1 Å². The van der Waals surface area contributed by atoms with E-state index in [1.807, 2.05) is 47.4 Å². The van der Waals surface area contributed by atoms with Crippen molar-refractivity contribution in [3.8, 4) is 5.75 Å². The molecule has 2 N–H and O–H groups in total. The molecule has 0 atom stereocenters. The summed E-state index contributed by atoms with van der Waals surface area (Å²) in [4.78, 5) is 25.9. The summed E-state index contributed by atoms with van der Waals surface area (Å²) in [6, 6.07) is 16.9. The lowest BCUT2D eigenvalue weighted by atomic mass is 10.2. The van der Waals surface area contributed by atoms with Gasteiger partial charge in [-0.15, -0.1) is 0 Å². The zero-order chi connectivity index (χ0) is 18.9. The average Bonchev–Trinajstić information content (AvgIpc) is 2.73. The molecule has 2 aromatic rings. The molecule has 1 heterocycles. The predicted molar refractivity (Wildman–Crippen MR) is 107 cm³/mol. The second-order valence-electron chi connectivity index (χ2n) is 6.16. The third-order valence-corrected chi connectivity index (χ3v) is 5.13. The molecule has 0 unspecified atom stereocenters. The molecule has 0 radical (unpaired) electrons. The molecule has 3 rings (SSSR count). The van der Waals surface area contributed by atoms with Crippen LogP contribution in [0.15, 0.2) is 54.6 Å². The normalized spacial score (nSPS) is 13.9. The summed E-state index contributed by atoms with van der Waals surface area (Å²) in [7, 11) is 0. The highest BCUT2D eigenvalue weighted by molar-refractivity contribution is 8.12. The Kier molecular flexibility index (Phi) is 7.12. The van der Waals surface area contributed by atoms with Crippen LogP contribution in [0.3, 0.4) is 0 Å². The summed E-state index contributed by atoms with van der Waals surface area (Å²) in [5, 5.41) is 6.06. The maximum atomic E-state index is 12.2. The van der Waals surface area contributed by atoms with E-state index in [0.717, 1.165) is 37.3 Å². The van der Waals surface area contributed by atoms with Crippen LogP contribution in [0.2, 0.25) is 0 Å². The van der Waals surface area contributed by atoms with Gasteiger partial charge < -0.3 is 20.3 Å². The number of nitrogens with one attached hydrogen (secondary N) is 2. The van der Waals surface area contributed by atoms with Gasteiger partial charge in [0.2, 0.25) is 0 Å². The van der Waals surface area contributed by atoms with Crippen LogP contribution in [0.5, 0.6) is 5.75 Å². The molecule has 2 aromatic carbocycles. The zero-order valence-electron chi connectivity index (χ0n) is 15.0. The number of carbonyl (C=O) groups is 2. The Labute approximate surface area is 163 Å². The van der Waals surface area contributed by atoms with E-state index >= 15 is 0 Å². The first-order valence-electron chi connectivity index (χ1n) is 8.92. The van der Waals surface area contributed by atoms with Crippen LogP contribution in [0.4, 0.5) is 9.59 Å². The molecule has 0 aromatic heterocycles. The second-order valence-corrected chi connectivity index (χ2v) is 7.09. The monoisotopic (exact) mass is 385 g/mol. The second kappa shape index (κ2) is 9.99. The van der Waals surface area contributed by atoms with E-state index in [1.165, 1.54) is 11.8 Å². The molecular weight excluding hydrogens is 362 g/mol. The summed E-state index contributed by atoms with van der Waals surface area (Å²) < 4.78 is 5.27. The standard InChI is InChI=1S/C20H23N3O3S/c24-19(22-14-16-4-2-1-3-5-16)26-18-8-6-17(7-9-18)15-27-20(25)23-12-10-21-11-13-23/h1-9,21H,10-15H2,(H,22,24). The number of hydrogen-bond acceptors (Lipinski definition) is 5. The quantitative estimate of drug-likeness (QED) is 0.827. The predicted octanol–water partition coefficient (Wildman–Crippen LogP) is 3.23. The first-order valence-corrected chi connectivity index (χ1v) is 9.90. The van der Waals surface area contributed by atoms with Gasteiger partial charge in [0.1, 0.15) is 5.75 Å². The number of hydrogen-bond donors (Lipinski definition) is 2. The van der Waals surface area contributed by atoms with Crippen molar-refractivity contribution >= 4 is 23.1 Å². The third-order valence-electron chi connectivity index (χ3n) is 4.15. The van der Waals surface area contributed by atoms with E-state index in [-0.39, 0.29) is 5.24 Å². The van der Waals surface area contributed by atoms with Gasteiger partial charge in [0.05, 0.1) is 0 Å². The first-order chi connectivity index (χ1) is 13.2. The molecule has 0 spiro atoms. The van der Waals surface area contributed by atoms with Gasteiger partial charge in [-0.3, -0.25) is 4.79 Å². The van der Waals surface area contributed by atoms with Gasteiger partial charge >= 0.3 is 6.09 Å². The Morgan fingerprint density at radius 2 is 1.70 bits per heavy atom. The van der Waals surface area contributed by atoms with Gasteiger partial charge in [0.15, 0.2) is 0 Å².